The van der Waals surface area contributed by atoms with E-state index in [0.717, 1.165) is 5.56 Å². The molecule has 3 rings (SSSR count). The predicted molar refractivity (Wildman–Crippen MR) is 95.3 cm³/mol. The predicted octanol–water partition coefficient (Wildman–Crippen LogP) is 3.16. The molecule has 0 aliphatic carbocycles. The molecule has 124 valence electrons. The van der Waals surface area contributed by atoms with E-state index in [4.69, 9.17) is 23.2 Å². The molecule has 0 fully saturated rings. The Labute approximate surface area is 148 Å². The van der Waals surface area contributed by atoms with Crippen LogP contribution in [-0.2, 0) is 6.54 Å². The minimum absolute atomic E-state index is 0.0853. The molecule has 6 nitrogen and oxygen atoms in total. The molecule has 0 radical (unpaired) electrons. The van der Waals surface area contributed by atoms with Crippen molar-refractivity contribution in [1.82, 2.24) is 19.6 Å². The highest BCUT2D eigenvalue weighted by Crippen LogP contribution is 2.20. The van der Waals surface area contributed by atoms with Crippen LogP contribution >= 0.6 is 23.2 Å². The maximum atomic E-state index is 12.4. The van der Waals surface area contributed by atoms with E-state index in [9.17, 15) is 4.79 Å². The largest absolute Gasteiger partial charge is 0.381 e. The van der Waals surface area contributed by atoms with Crippen LogP contribution in [0.1, 0.15) is 5.56 Å². The van der Waals surface area contributed by atoms with Crippen molar-refractivity contribution in [1.29, 1.82) is 0 Å². The Morgan fingerprint density at radius 3 is 2.79 bits per heavy atom. The van der Waals surface area contributed by atoms with Crippen molar-refractivity contribution >= 4 is 28.9 Å². The lowest BCUT2D eigenvalue weighted by Gasteiger charge is -2.11. The number of nitrogens with one attached hydrogen (secondary N) is 1. The lowest BCUT2D eigenvalue weighted by atomic mass is 10.2. The van der Waals surface area contributed by atoms with Gasteiger partial charge >= 0.3 is 0 Å². The van der Waals surface area contributed by atoms with E-state index in [1.807, 2.05) is 25.3 Å². The molecular weight excluding hydrogens is 349 g/mol. The molecule has 2 aromatic heterocycles. The zero-order valence-electron chi connectivity index (χ0n) is 12.9. The highest BCUT2D eigenvalue weighted by Gasteiger charge is 2.11. The van der Waals surface area contributed by atoms with E-state index in [1.54, 1.807) is 23.0 Å². The summed E-state index contributed by atoms with van der Waals surface area (Å²) in [5.74, 6) is 0. The number of anilines is 1. The maximum absolute atomic E-state index is 12.4. The average Bonchev–Trinajstić information content (AvgIpc) is 3.08. The van der Waals surface area contributed by atoms with Gasteiger partial charge in [-0.1, -0.05) is 29.3 Å². The first kappa shape index (κ1) is 16.5. The summed E-state index contributed by atoms with van der Waals surface area (Å²) in [6, 6.07) is 7.14. The summed E-state index contributed by atoms with van der Waals surface area (Å²) in [7, 11) is 0. The van der Waals surface area contributed by atoms with Gasteiger partial charge in [0.25, 0.3) is 5.56 Å². The van der Waals surface area contributed by atoms with E-state index < -0.39 is 5.56 Å². The second-order valence-corrected chi connectivity index (χ2v) is 6.00. The summed E-state index contributed by atoms with van der Waals surface area (Å²) in [6.45, 7) is 3.12. The maximum Gasteiger partial charge on any atom is 0.292 e. The van der Waals surface area contributed by atoms with Gasteiger partial charge in [0, 0.05) is 24.0 Å². The van der Waals surface area contributed by atoms with Crippen LogP contribution in [0, 0.1) is 6.92 Å². The lowest BCUT2D eigenvalue weighted by Crippen LogP contribution is -2.23. The number of nitrogens with zero attached hydrogens (tertiary/aromatic N) is 4. The fourth-order valence-corrected chi connectivity index (χ4v) is 2.56. The number of benzene rings is 1. The summed E-state index contributed by atoms with van der Waals surface area (Å²) in [6.07, 6.45) is 5.10. The molecule has 0 saturated heterocycles. The first-order valence-electron chi connectivity index (χ1n) is 7.32. The molecule has 1 aromatic carbocycles. The van der Waals surface area contributed by atoms with Gasteiger partial charge in [-0.15, -0.1) is 0 Å². The van der Waals surface area contributed by atoms with Gasteiger partial charge in [0.2, 0.25) is 0 Å². The Morgan fingerprint density at radius 1 is 1.25 bits per heavy atom. The normalized spacial score (nSPS) is 10.8. The monoisotopic (exact) mass is 363 g/mol. The number of aromatic nitrogens is 4. The second-order valence-electron chi connectivity index (χ2n) is 5.22. The Kier molecular flexibility index (Phi) is 4.87. The van der Waals surface area contributed by atoms with Gasteiger partial charge in [-0.2, -0.15) is 14.9 Å². The van der Waals surface area contributed by atoms with Gasteiger partial charge in [0.05, 0.1) is 24.1 Å². The average molecular weight is 364 g/mol. The van der Waals surface area contributed by atoms with Crippen molar-refractivity contribution in [2.45, 2.75) is 13.5 Å². The summed E-state index contributed by atoms with van der Waals surface area (Å²) in [5, 5.41) is 12.0. The Hall–Kier alpha value is -2.31. The third-order valence-corrected chi connectivity index (χ3v) is 4.31. The summed E-state index contributed by atoms with van der Waals surface area (Å²) in [5.41, 5.74) is 1.58. The van der Waals surface area contributed by atoms with Gasteiger partial charge in [-0.05, 0) is 30.7 Å². The highest BCUT2D eigenvalue weighted by molar-refractivity contribution is 6.33. The zero-order chi connectivity index (χ0) is 17.1. The molecule has 0 aliphatic rings. The molecule has 0 amide bonds. The van der Waals surface area contributed by atoms with Gasteiger partial charge in [-0.3, -0.25) is 9.48 Å². The van der Waals surface area contributed by atoms with E-state index in [-0.39, 0.29) is 5.02 Å². The van der Waals surface area contributed by atoms with E-state index in [2.05, 4.69) is 15.5 Å². The minimum atomic E-state index is -0.402. The molecule has 0 spiro atoms. The number of rotatable bonds is 5. The first-order valence-corrected chi connectivity index (χ1v) is 8.07. The smallest absolute Gasteiger partial charge is 0.292 e. The molecule has 2 heterocycles. The minimum Gasteiger partial charge on any atom is -0.381 e. The molecular formula is C16H15Cl2N5O. The van der Waals surface area contributed by atoms with E-state index in [1.165, 1.54) is 10.9 Å². The fraction of sp³-hybridized carbons (Fsp3) is 0.188. The van der Waals surface area contributed by atoms with Crippen LogP contribution in [-0.4, -0.2) is 26.1 Å². The van der Waals surface area contributed by atoms with Crippen LogP contribution in [0.3, 0.4) is 0 Å². The van der Waals surface area contributed by atoms with Crippen molar-refractivity contribution in [3.8, 4) is 5.69 Å². The molecule has 0 atom stereocenters. The van der Waals surface area contributed by atoms with E-state index >= 15 is 0 Å². The quantitative estimate of drug-likeness (QED) is 0.755. The number of hydrogen-bond acceptors (Lipinski definition) is 4. The van der Waals surface area contributed by atoms with Crippen molar-refractivity contribution < 1.29 is 0 Å². The lowest BCUT2D eigenvalue weighted by molar-refractivity contribution is 0.637. The van der Waals surface area contributed by atoms with Crippen LogP contribution < -0.4 is 10.9 Å². The topological polar surface area (TPSA) is 64.7 Å². The molecule has 0 unspecified atom stereocenters. The first-order chi connectivity index (χ1) is 11.6. The van der Waals surface area contributed by atoms with Crippen molar-refractivity contribution in [3.63, 3.8) is 0 Å². The van der Waals surface area contributed by atoms with E-state index in [0.29, 0.717) is 29.5 Å². The Balaban J connectivity index is 1.80. The third kappa shape index (κ3) is 3.44. The van der Waals surface area contributed by atoms with Gasteiger partial charge in [0.15, 0.2) is 0 Å². The SMILES string of the molecule is Cc1ccc(-n2ncc(NCCn3cccn3)c(Cl)c2=O)cc1Cl. The standard InChI is InChI=1S/C16H15Cl2N5O/c1-11-3-4-12(9-13(11)17)23-16(24)15(18)14(10-21-23)19-6-8-22-7-2-5-20-22/h2-5,7,9-10,19H,6,8H2,1H3. The highest BCUT2D eigenvalue weighted by atomic mass is 35.5. The van der Waals surface area contributed by atoms with Crippen LogP contribution in [0.5, 0.6) is 0 Å². The van der Waals surface area contributed by atoms with Gasteiger partial charge in [-0.25, -0.2) is 0 Å². The summed E-state index contributed by atoms with van der Waals surface area (Å²) < 4.78 is 3.01. The molecule has 1 N–H and O–H groups in total. The second kappa shape index (κ2) is 7.07. The molecule has 0 aliphatic heterocycles. The number of aryl methyl sites for hydroxylation is 1. The molecule has 8 heteroatoms. The third-order valence-electron chi connectivity index (χ3n) is 3.53. The van der Waals surface area contributed by atoms with Crippen LogP contribution in [0.25, 0.3) is 5.69 Å². The fourth-order valence-electron chi connectivity index (χ4n) is 2.19. The van der Waals surface area contributed by atoms with Crippen molar-refractivity contribution in [2.75, 3.05) is 11.9 Å². The summed E-state index contributed by atoms with van der Waals surface area (Å²) >= 11 is 12.3. The summed E-state index contributed by atoms with van der Waals surface area (Å²) in [4.78, 5) is 12.4. The zero-order valence-corrected chi connectivity index (χ0v) is 14.4. The molecule has 0 bridgehead atoms. The van der Waals surface area contributed by atoms with Gasteiger partial charge in [0.1, 0.15) is 5.02 Å². The van der Waals surface area contributed by atoms with Crippen molar-refractivity contribution in [3.05, 3.63) is 68.8 Å². The van der Waals surface area contributed by atoms with Crippen LogP contribution in [0.4, 0.5) is 5.69 Å². The Morgan fingerprint density at radius 2 is 2.08 bits per heavy atom. The van der Waals surface area contributed by atoms with Crippen molar-refractivity contribution in [2.24, 2.45) is 0 Å². The number of hydrogen-bond donors (Lipinski definition) is 1. The Bertz CT molecular complexity index is 905. The van der Waals surface area contributed by atoms with Crippen LogP contribution in [0.2, 0.25) is 10.0 Å². The molecule has 0 saturated carbocycles. The molecule has 3 aromatic rings. The van der Waals surface area contributed by atoms with Gasteiger partial charge < -0.3 is 5.32 Å². The number of halogens is 2. The molecule has 24 heavy (non-hydrogen) atoms. The van der Waals surface area contributed by atoms with Crippen LogP contribution in [0.15, 0.2) is 47.7 Å².